The Labute approximate surface area is 207 Å². The van der Waals surface area contributed by atoms with E-state index in [4.69, 9.17) is 17.3 Å². The van der Waals surface area contributed by atoms with Gasteiger partial charge in [0.15, 0.2) is 5.78 Å². The number of nitrogens with two attached hydrogens (primary N) is 1. The number of allylic oxidation sites excluding steroid dienone is 3. The van der Waals surface area contributed by atoms with Crippen molar-refractivity contribution >= 4 is 38.7 Å². The summed E-state index contributed by atoms with van der Waals surface area (Å²) < 4.78 is 0. The zero-order valence-electron chi connectivity index (χ0n) is 18.5. The van der Waals surface area contributed by atoms with Gasteiger partial charge in [0, 0.05) is 41.4 Å². The molecule has 1 atom stereocenters. The molecule has 2 bridgehead atoms. The highest BCUT2D eigenvalue weighted by Gasteiger charge is 2.44. The minimum Gasteiger partial charge on any atom is -0.384 e. The highest BCUT2D eigenvalue weighted by Crippen LogP contribution is 2.55. The molecule has 4 aliphatic heterocycles. The van der Waals surface area contributed by atoms with Crippen molar-refractivity contribution in [3.8, 4) is 12.1 Å². The summed E-state index contributed by atoms with van der Waals surface area (Å²) in [4.78, 5) is 17.6. The third-order valence-corrected chi connectivity index (χ3v) is 8.99. The number of halogens is 1. The summed E-state index contributed by atoms with van der Waals surface area (Å²) in [5.41, 5.74) is 11.0. The van der Waals surface area contributed by atoms with Crippen LogP contribution in [0.2, 0.25) is 5.02 Å². The summed E-state index contributed by atoms with van der Waals surface area (Å²) in [7, 11) is 0. The quantitative estimate of drug-likeness (QED) is 0.619. The van der Waals surface area contributed by atoms with Gasteiger partial charge in [0.1, 0.15) is 16.9 Å². The van der Waals surface area contributed by atoms with Crippen molar-refractivity contribution in [3.05, 3.63) is 68.6 Å². The van der Waals surface area contributed by atoms with Crippen molar-refractivity contribution in [2.24, 2.45) is 5.73 Å². The number of nitrogens with zero attached hydrogens (tertiary/aromatic N) is 4. The molecule has 1 fully saturated rings. The van der Waals surface area contributed by atoms with Gasteiger partial charge in [-0.2, -0.15) is 10.5 Å². The first kappa shape index (κ1) is 21.3. The molecule has 0 amide bonds. The van der Waals surface area contributed by atoms with Crippen LogP contribution in [-0.4, -0.2) is 18.9 Å². The number of benzene rings is 1. The predicted octanol–water partition coefficient (Wildman–Crippen LogP) is 5.28. The second-order valence-corrected chi connectivity index (χ2v) is 10.7. The van der Waals surface area contributed by atoms with Crippen LogP contribution < -0.4 is 15.5 Å². The molecule has 170 valence electrons. The fourth-order valence-electron chi connectivity index (χ4n) is 6.01. The van der Waals surface area contributed by atoms with Crippen LogP contribution in [0, 0.1) is 22.7 Å². The van der Waals surface area contributed by atoms with E-state index >= 15 is 0 Å². The minimum atomic E-state index is -0.553. The van der Waals surface area contributed by atoms with E-state index in [0.717, 1.165) is 52.8 Å². The monoisotopic (exact) mass is 487 g/mol. The number of carbonyl (C=O) groups is 1. The first-order valence-electron chi connectivity index (χ1n) is 11.6. The van der Waals surface area contributed by atoms with E-state index in [0.29, 0.717) is 52.7 Å². The maximum atomic E-state index is 13.3. The van der Waals surface area contributed by atoms with Gasteiger partial charge in [0.05, 0.1) is 28.1 Å². The van der Waals surface area contributed by atoms with Crippen LogP contribution in [0.15, 0.2) is 46.9 Å². The summed E-state index contributed by atoms with van der Waals surface area (Å²) in [6.07, 6.45) is 3.92. The van der Waals surface area contributed by atoms with Gasteiger partial charge in [0.25, 0.3) is 0 Å². The number of anilines is 2. The molecule has 34 heavy (non-hydrogen) atoms. The molecular formula is C26H22ClN5OS. The Morgan fingerprint density at radius 2 is 1.91 bits per heavy atom. The van der Waals surface area contributed by atoms with Gasteiger partial charge >= 0.3 is 0 Å². The van der Waals surface area contributed by atoms with Crippen LogP contribution in [0.5, 0.6) is 0 Å². The molecule has 1 saturated heterocycles. The lowest BCUT2D eigenvalue weighted by atomic mass is 9.75. The highest BCUT2D eigenvalue weighted by atomic mass is 35.5. The zero-order valence-corrected chi connectivity index (χ0v) is 20.0. The zero-order chi connectivity index (χ0) is 23.6. The van der Waals surface area contributed by atoms with Gasteiger partial charge in [-0.25, -0.2) is 0 Å². The van der Waals surface area contributed by atoms with Crippen molar-refractivity contribution in [1.82, 2.24) is 0 Å². The fourth-order valence-corrected chi connectivity index (χ4v) is 7.64. The molecule has 1 aliphatic carbocycles. The maximum Gasteiger partial charge on any atom is 0.161 e. The van der Waals surface area contributed by atoms with Gasteiger partial charge in [-0.1, -0.05) is 35.1 Å². The summed E-state index contributed by atoms with van der Waals surface area (Å²) >= 11 is 7.85. The standard InChI is InChI=1S/C26H22ClN5OS/c27-16-4-1-3-15(11-16)21-17(12-28)24(30)32(19-5-2-6-20(33)23(19)21)25-18(13-29)22-14-7-9-31(10-8-14)26(22)34-25/h1,3-4,11,14,21H,2,5-10,30H2/t21-/m0/s1. The van der Waals surface area contributed by atoms with Gasteiger partial charge in [-0.05, 0) is 49.3 Å². The molecule has 7 rings (SSSR count). The van der Waals surface area contributed by atoms with E-state index in [9.17, 15) is 15.3 Å². The minimum absolute atomic E-state index is 0.0279. The van der Waals surface area contributed by atoms with Crippen LogP contribution in [0.3, 0.4) is 0 Å². The summed E-state index contributed by atoms with van der Waals surface area (Å²) in [6, 6.07) is 12.0. The molecule has 8 heteroatoms. The number of ketones is 1. The van der Waals surface area contributed by atoms with Crippen molar-refractivity contribution in [2.75, 3.05) is 22.9 Å². The Morgan fingerprint density at radius 1 is 1.12 bits per heavy atom. The van der Waals surface area contributed by atoms with E-state index in [1.165, 1.54) is 0 Å². The van der Waals surface area contributed by atoms with Crippen molar-refractivity contribution in [1.29, 1.82) is 10.5 Å². The molecule has 0 saturated carbocycles. The normalized spacial score (nSPS) is 22.0. The third kappa shape index (κ3) is 2.94. The van der Waals surface area contributed by atoms with Crippen molar-refractivity contribution < 1.29 is 4.79 Å². The lowest BCUT2D eigenvalue weighted by molar-refractivity contribution is -0.116. The van der Waals surface area contributed by atoms with Crippen LogP contribution >= 0.6 is 22.9 Å². The summed E-state index contributed by atoms with van der Waals surface area (Å²) in [5.74, 6) is 0.159. The smallest absolute Gasteiger partial charge is 0.161 e. The Bertz CT molecular complexity index is 1380. The van der Waals surface area contributed by atoms with Crippen molar-refractivity contribution in [2.45, 2.75) is 43.9 Å². The average molecular weight is 488 g/mol. The Balaban J connectivity index is 1.60. The average Bonchev–Trinajstić information content (AvgIpc) is 3.25. The van der Waals surface area contributed by atoms with Crippen LogP contribution in [0.25, 0.3) is 0 Å². The van der Waals surface area contributed by atoms with E-state index in [2.05, 4.69) is 17.0 Å². The Morgan fingerprint density at radius 3 is 2.62 bits per heavy atom. The number of carbonyl (C=O) groups excluding carboxylic acids is 1. The highest BCUT2D eigenvalue weighted by molar-refractivity contribution is 7.20. The summed E-state index contributed by atoms with van der Waals surface area (Å²) in [6.45, 7) is 2.00. The molecule has 2 N–H and O–H groups in total. The molecule has 5 heterocycles. The Kier molecular flexibility index (Phi) is 4.95. The van der Waals surface area contributed by atoms with Crippen LogP contribution in [0.1, 0.15) is 60.6 Å². The molecule has 1 aromatic heterocycles. The molecule has 1 aromatic carbocycles. The Hall–Kier alpha value is -3.26. The van der Waals surface area contributed by atoms with Gasteiger partial charge in [0.2, 0.25) is 0 Å². The second-order valence-electron chi connectivity index (χ2n) is 9.25. The largest absolute Gasteiger partial charge is 0.384 e. The van der Waals surface area contributed by atoms with Gasteiger partial charge in [-0.3, -0.25) is 9.69 Å². The molecule has 2 aromatic rings. The maximum absolute atomic E-state index is 13.3. The third-order valence-electron chi connectivity index (χ3n) is 7.51. The first-order valence-corrected chi connectivity index (χ1v) is 12.8. The molecule has 0 radical (unpaired) electrons. The SMILES string of the molecule is N#CC1=C(N)N(c2sc3c(c2C#N)C2CCN3CC2)C2=C(C(=O)CCC2)[C@H]1c1cccc(Cl)c1. The van der Waals surface area contributed by atoms with E-state index < -0.39 is 5.92 Å². The van der Waals surface area contributed by atoms with E-state index in [1.807, 2.05) is 17.0 Å². The molecular weight excluding hydrogens is 466 g/mol. The number of thiophene rings is 1. The molecule has 0 unspecified atom stereocenters. The lowest BCUT2D eigenvalue weighted by Crippen LogP contribution is -2.38. The molecule has 5 aliphatic rings. The van der Waals surface area contributed by atoms with E-state index in [1.54, 1.807) is 23.5 Å². The number of nitriles is 2. The second kappa shape index (κ2) is 7.91. The number of hydrogen-bond donors (Lipinski definition) is 1. The van der Waals surface area contributed by atoms with Gasteiger partial charge < -0.3 is 10.6 Å². The molecule has 6 nitrogen and oxygen atoms in total. The summed E-state index contributed by atoms with van der Waals surface area (Å²) in [5, 5.41) is 22.9. The fraction of sp³-hybridized carbons (Fsp3) is 0.346. The van der Waals surface area contributed by atoms with E-state index in [-0.39, 0.29) is 5.78 Å². The van der Waals surface area contributed by atoms with Crippen LogP contribution in [-0.2, 0) is 4.79 Å². The van der Waals surface area contributed by atoms with Crippen molar-refractivity contribution in [3.63, 3.8) is 0 Å². The van der Waals surface area contributed by atoms with Gasteiger partial charge in [-0.15, -0.1) is 0 Å². The number of rotatable bonds is 2. The van der Waals surface area contributed by atoms with Crippen LogP contribution in [0.4, 0.5) is 10.0 Å². The number of Topliss-reactive ketones (excluding diaryl/α,β-unsaturated/α-hetero) is 1. The molecule has 0 spiro atoms. The predicted molar refractivity (Wildman–Crippen MR) is 133 cm³/mol. The first-order chi connectivity index (χ1) is 16.5. The number of hydrogen-bond acceptors (Lipinski definition) is 7. The number of piperidine rings is 1. The number of fused-ring (bicyclic) bond motifs is 2. The topological polar surface area (TPSA) is 97.2 Å². The lowest BCUT2D eigenvalue weighted by Gasteiger charge is -2.39.